The number of carbonyl (C=O) groups is 1. The van der Waals surface area contributed by atoms with Crippen molar-refractivity contribution in [1.82, 2.24) is 0 Å². The first kappa shape index (κ1) is 20.5. The van der Waals surface area contributed by atoms with Gasteiger partial charge in [0.1, 0.15) is 22.8 Å². The van der Waals surface area contributed by atoms with Gasteiger partial charge < -0.3 is 14.6 Å². The van der Waals surface area contributed by atoms with Crippen LogP contribution in [-0.2, 0) is 11.2 Å². The maximum Gasteiger partial charge on any atom is 0.156 e. The molecule has 4 heteroatoms. The van der Waals surface area contributed by atoms with E-state index in [4.69, 9.17) is 9.47 Å². The molecule has 0 unspecified atom stereocenters. The molecule has 4 nitrogen and oxygen atoms in total. The van der Waals surface area contributed by atoms with E-state index < -0.39 is 5.60 Å². The highest BCUT2D eigenvalue weighted by atomic mass is 16.5. The Morgan fingerprint density at radius 1 is 1.23 bits per heavy atom. The smallest absolute Gasteiger partial charge is 0.156 e. The molecule has 2 aliphatic rings. The van der Waals surface area contributed by atoms with Gasteiger partial charge in [0.05, 0.1) is 11.7 Å². The fourth-order valence-electron chi connectivity index (χ4n) is 4.66. The number of hydrogen-bond acceptors (Lipinski definition) is 4. The molecule has 0 saturated carbocycles. The van der Waals surface area contributed by atoms with Crippen LogP contribution in [0.15, 0.2) is 48.5 Å². The molecule has 0 bridgehead atoms. The Morgan fingerprint density at radius 3 is 2.77 bits per heavy atom. The number of hydrogen-bond donors (Lipinski definition) is 1. The van der Waals surface area contributed by atoms with Gasteiger partial charge in [-0.3, -0.25) is 4.79 Å². The molecule has 2 aromatic rings. The second kappa shape index (κ2) is 8.17. The van der Waals surface area contributed by atoms with Crippen LogP contribution >= 0.6 is 0 Å². The molecule has 0 amide bonds. The Balaban J connectivity index is 1.49. The monoisotopic (exact) mass is 406 g/mol. The molecule has 1 aliphatic heterocycles. The summed E-state index contributed by atoms with van der Waals surface area (Å²) in [6.45, 7) is 6.13. The Bertz CT molecular complexity index is 958. The summed E-state index contributed by atoms with van der Waals surface area (Å²) >= 11 is 0. The van der Waals surface area contributed by atoms with Gasteiger partial charge in [-0.25, -0.2) is 0 Å². The Morgan fingerprint density at radius 2 is 2.00 bits per heavy atom. The van der Waals surface area contributed by atoms with Gasteiger partial charge >= 0.3 is 0 Å². The number of aryl methyl sites for hydroxylation is 1. The predicted octanol–water partition coefficient (Wildman–Crippen LogP) is 5.72. The second-order valence-electron chi connectivity index (χ2n) is 8.98. The van der Waals surface area contributed by atoms with E-state index >= 15 is 0 Å². The second-order valence-corrected chi connectivity index (χ2v) is 8.98. The summed E-state index contributed by atoms with van der Waals surface area (Å²) in [7, 11) is 0. The van der Waals surface area contributed by atoms with Crippen LogP contribution < -0.4 is 9.47 Å². The highest BCUT2D eigenvalue weighted by Crippen LogP contribution is 2.52. The highest BCUT2D eigenvalue weighted by Gasteiger charge is 2.43. The zero-order valence-electron chi connectivity index (χ0n) is 18.0. The lowest BCUT2D eigenvalue weighted by Crippen LogP contribution is -2.43. The fourth-order valence-corrected chi connectivity index (χ4v) is 4.66. The van der Waals surface area contributed by atoms with Crippen molar-refractivity contribution >= 4 is 11.4 Å². The molecule has 1 N–H and O–H groups in total. The van der Waals surface area contributed by atoms with Gasteiger partial charge in [-0.2, -0.15) is 0 Å². The van der Waals surface area contributed by atoms with Crippen molar-refractivity contribution < 1.29 is 19.4 Å². The molecule has 0 saturated heterocycles. The van der Waals surface area contributed by atoms with Gasteiger partial charge in [-0.15, -0.1) is 0 Å². The molecule has 2 aromatic carbocycles. The third kappa shape index (κ3) is 4.23. The summed E-state index contributed by atoms with van der Waals surface area (Å²) in [5.74, 6) is 1.49. The molecular formula is C26H30O4. The molecule has 1 heterocycles. The largest absolute Gasteiger partial charge is 0.507 e. The van der Waals surface area contributed by atoms with Gasteiger partial charge in [-0.1, -0.05) is 30.3 Å². The van der Waals surface area contributed by atoms with Crippen molar-refractivity contribution in [3.05, 3.63) is 59.7 Å². The number of allylic oxidation sites excluding steroid dienone is 1. The molecule has 1 aliphatic carbocycles. The van der Waals surface area contributed by atoms with Gasteiger partial charge in [-0.05, 0) is 63.7 Å². The van der Waals surface area contributed by atoms with Crippen LogP contribution in [0.25, 0.3) is 5.57 Å². The van der Waals surface area contributed by atoms with E-state index in [0.29, 0.717) is 23.5 Å². The zero-order valence-corrected chi connectivity index (χ0v) is 18.0. The highest BCUT2D eigenvalue weighted by molar-refractivity contribution is 6.01. The van der Waals surface area contributed by atoms with Crippen molar-refractivity contribution in [3.63, 3.8) is 0 Å². The normalized spacial score (nSPS) is 20.4. The molecule has 0 aromatic heterocycles. The first-order valence-corrected chi connectivity index (χ1v) is 10.8. The van der Waals surface area contributed by atoms with Crippen LogP contribution in [-0.4, -0.2) is 22.6 Å². The van der Waals surface area contributed by atoms with Crippen molar-refractivity contribution in [1.29, 1.82) is 0 Å². The number of aromatic hydroxyl groups is 1. The SMILES string of the molecule is C[C@H](CCCc1ccccc1)Oc1cc(O)c2c(c1)OC(C)(C)[C@H]1CCC(=O)C=C21. The van der Waals surface area contributed by atoms with Crippen LogP contribution in [0.5, 0.6) is 17.2 Å². The third-order valence-electron chi connectivity index (χ3n) is 6.18. The Kier molecular flexibility index (Phi) is 5.59. The predicted molar refractivity (Wildman–Crippen MR) is 118 cm³/mol. The van der Waals surface area contributed by atoms with Crippen molar-refractivity contribution in [2.75, 3.05) is 0 Å². The van der Waals surface area contributed by atoms with E-state index in [1.807, 2.05) is 32.9 Å². The molecule has 4 rings (SSSR count). The molecule has 0 radical (unpaired) electrons. The van der Waals surface area contributed by atoms with E-state index in [1.54, 1.807) is 12.1 Å². The average Bonchev–Trinajstić information content (AvgIpc) is 2.67. The van der Waals surface area contributed by atoms with Crippen LogP contribution in [0.1, 0.15) is 57.6 Å². The molecule has 0 spiro atoms. The molecular weight excluding hydrogens is 376 g/mol. The van der Waals surface area contributed by atoms with Crippen LogP contribution in [0.3, 0.4) is 0 Å². The number of benzene rings is 2. The number of phenols is 1. The minimum atomic E-state index is -0.439. The van der Waals surface area contributed by atoms with Crippen LogP contribution in [0.4, 0.5) is 0 Å². The quantitative estimate of drug-likeness (QED) is 0.667. The fraction of sp³-hybridized carbons (Fsp3) is 0.423. The minimum absolute atomic E-state index is 0.0194. The number of fused-ring (bicyclic) bond motifs is 3. The Labute approximate surface area is 178 Å². The van der Waals surface area contributed by atoms with E-state index in [-0.39, 0.29) is 23.6 Å². The van der Waals surface area contributed by atoms with Gasteiger partial charge in [0.15, 0.2) is 5.78 Å². The topological polar surface area (TPSA) is 55.8 Å². The van der Waals surface area contributed by atoms with E-state index in [2.05, 4.69) is 24.3 Å². The summed E-state index contributed by atoms with van der Waals surface area (Å²) in [5.41, 5.74) is 2.41. The lowest BCUT2D eigenvalue weighted by molar-refractivity contribution is -0.115. The van der Waals surface area contributed by atoms with Gasteiger partial charge in [0.25, 0.3) is 0 Å². The van der Waals surface area contributed by atoms with Crippen molar-refractivity contribution in [2.45, 2.75) is 64.6 Å². The maximum absolute atomic E-state index is 12.0. The summed E-state index contributed by atoms with van der Waals surface area (Å²) < 4.78 is 12.4. The molecule has 2 atom stereocenters. The van der Waals surface area contributed by atoms with E-state index in [1.165, 1.54) is 5.56 Å². The number of ether oxygens (including phenoxy) is 2. The Hall–Kier alpha value is -2.75. The summed E-state index contributed by atoms with van der Waals surface area (Å²) in [5, 5.41) is 10.8. The van der Waals surface area contributed by atoms with E-state index in [0.717, 1.165) is 31.3 Å². The first-order chi connectivity index (χ1) is 14.3. The summed E-state index contributed by atoms with van der Waals surface area (Å²) in [4.78, 5) is 12.0. The number of rotatable bonds is 6. The van der Waals surface area contributed by atoms with Crippen LogP contribution in [0.2, 0.25) is 0 Å². The first-order valence-electron chi connectivity index (χ1n) is 10.8. The van der Waals surface area contributed by atoms with Gasteiger partial charge in [0.2, 0.25) is 0 Å². The van der Waals surface area contributed by atoms with Crippen LogP contribution in [0, 0.1) is 5.92 Å². The van der Waals surface area contributed by atoms with Crippen molar-refractivity contribution in [3.8, 4) is 17.2 Å². The summed E-state index contributed by atoms with van der Waals surface area (Å²) in [6, 6.07) is 13.9. The standard InChI is InChI=1S/C26H30O4/c1-17(8-7-11-18-9-5-4-6-10-18)29-20-15-23(28)25-21-14-19(27)12-13-22(21)26(2,3)30-24(25)16-20/h4-6,9-10,14-17,22,28H,7-8,11-13H2,1-3H3/t17-,22+/m1/s1. The minimum Gasteiger partial charge on any atom is -0.507 e. The number of phenolic OH excluding ortho intramolecular Hbond substituents is 1. The molecule has 30 heavy (non-hydrogen) atoms. The van der Waals surface area contributed by atoms with Crippen molar-refractivity contribution in [2.24, 2.45) is 5.92 Å². The average molecular weight is 407 g/mol. The third-order valence-corrected chi connectivity index (χ3v) is 6.18. The lowest BCUT2D eigenvalue weighted by Gasteiger charge is -2.43. The zero-order chi connectivity index (χ0) is 21.3. The number of carbonyl (C=O) groups excluding carboxylic acids is 1. The van der Waals surface area contributed by atoms with Gasteiger partial charge in [0, 0.05) is 24.5 Å². The maximum atomic E-state index is 12.0. The summed E-state index contributed by atoms with van der Waals surface area (Å²) in [6.07, 6.45) is 5.94. The van der Waals surface area contributed by atoms with E-state index in [9.17, 15) is 9.90 Å². The lowest BCUT2D eigenvalue weighted by atomic mass is 9.72. The number of ketones is 1. The molecule has 158 valence electrons. The molecule has 0 fully saturated rings.